The van der Waals surface area contributed by atoms with Gasteiger partial charge < -0.3 is 0 Å². The van der Waals surface area contributed by atoms with Crippen LogP contribution in [0.3, 0.4) is 0 Å². The van der Waals surface area contributed by atoms with Crippen LogP contribution >= 0.6 is 0 Å². The van der Waals surface area contributed by atoms with Crippen LogP contribution in [0.4, 0.5) is 5.69 Å². The van der Waals surface area contributed by atoms with E-state index in [-0.39, 0.29) is 11.3 Å². The third-order valence-corrected chi connectivity index (χ3v) is 3.16. The predicted octanol–water partition coefficient (Wildman–Crippen LogP) is 1.21. The summed E-state index contributed by atoms with van der Waals surface area (Å²) in [7, 11) is 0. The first kappa shape index (κ1) is 13.6. The lowest BCUT2D eigenvalue weighted by molar-refractivity contribution is 0.787. The highest BCUT2D eigenvalue weighted by molar-refractivity contribution is 5.56. The Bertz CT molecular complexity index is 804. The van der Waals surface area contributed by atoms with Gasteiger partial charge in [0, 0.05) is 0 Å². The molecule has 0 atom stereocenters. The summed E-state index contributed by atoms with van der Waals surface area (Å²) in [5, 5.41) is 8.98. The summed E-state index contributed by atoms with van der Waals surface area (Å²) in [5.41, 5.74) is 4.58. The minimum atomic E-state index is -0.672. The highest BCUT2D eigenvalue weighted by Crippen LogP contribution is 2.19. The number of para-hydroxylation sites is 1. The summed E-state index contributed by atoms with van der Waals surface area (Å²) in [6.07, 6.45) is 0. The van der Waals surface area contributed by atoms with Gasteiger partial charge in [0.2, 0.25) is 0 Å². The van der Waals surface area contributed by atoms with Crippen molar-refractivity contribution >= 4 is 5.69 Å². The van der Waals surface area contributed by atoms with Crippen molar-refractivity contribution in [1.82, 2.24) is 9.66 Å². The number of hydrogen-bond donors (Lipinski definition) is 2. The smallest absolute Gasteiger partial charge is 0.290 e. The minimum Gasteiger partial charge on any atom is -0.290 e. The number of nitrogens with one attached hydrogen (secondary N) is 2. The van der Waals surface area contributed by atoms with Crippen LogP contribution in [0, 0.1) is 32.1 Å². The Morgan fingerprint density at radius 2 is 1.80 bits per heavy atom. The molecule has 0 saturated heterocycles. The number of aromatic amines is 1. The maximum absolute atomic E-state index is 11.9. The molecule has 0 amide bonds. The van der Waals surface area contributed by atoms with Crippen LogP contribution < -0.4 is 16.7 Å². The van der Waals surface area contributed by atoms with Gasteiger partial charge in [-0.3, -0.25) is 15.2 Å². The zero-order valence-corrected chi connectivity index (χ0v) is 11.4. The van der Waals surface area contributed by atoms with Crippen molar-refractivity contribution in [2.75, 3.05) is 5.43 Å². The summed E-state index contributed by atoms with van der Waals surface area (Å²) >= 11 is 0. The first-order chi connectivity index (χ1) is 9.45. The molecule has 1 aromatic carbocycles. The maximum atomic E-state index is 11.9. The Labute approximate surface area is 115 Å². The van der Waals surface area contributed by atoms with Crippen LogP contribution in [0.25, 0.3) is 0 Å². The van der Waals surface area contributed by atoms with Gasteiger partial charge in [0.15, 0.2) is 0 Å². The topological polar surface area (TPSA) is 90.7 Å². The van der Waals surface area contributed by atoms with Crippen molar-refractivity contribution in [2.24, 2.45) is 0 Å². The third kappa shape index (κ3) is 2.21. The number of nitriles is 1. The summed E-state index contributed by atoms with van der Waals surface area (Å²) in [4.78, 5) is 25.5. The van der Waals surface area contributed by atoms with Crippen molar-refractivity contribution < 1.29 is 0 Å². The number of hydrogen-bond acceptors (Lipinski definition) is 4. The number of H-pyrrole nitrogens is 1. The van der Waals surface area contributed by atoms with Crippen LogP contribution in [-0.2, 0) is 0 Å². The second-order valence-corrected chi connectivity index (χ2v) is 4.55. The molecule has 6 heteroatoms. The molecule has 0 saturated carbocycles. The fourth-order valence-electron chi connectivity index (χ4n) is 2.01. The van der Waals surface area contributed by atoms with E-state index in [1.54, 1.807) is 13.0 Å². The Kier molecular flexibility index (Phi) is 3.44. The van der Waals surface area contributed by atoms with E-state index in [1.807, 2.05) is 32.0 Å². The molecule has 1 heterocycles. The lowest BCUT2D eigenvalue weighted by atomic mass is 10.1. The maximum Gasteiger partial charge on any atom is 0.347 e. The van der Waals surface area contributed by atoms with Crippen molar-refractivity contribution in [3.8, 4) is 6.07 Å². The van der Waals surface area contributed by atoms with Crippen molar-refractivity contribution in [3.63, 3.8) is 0 Å². The van der Waals surface area contributed by atoms with E-state index < -0.39 is 11.2 Å². The lowest BCUT2D eigenvalue weighted by Gasteiger charge is -2.16. The third-order valence-electron chi connectivity index (χ3n) is 3.16. The molecule has 0 aliphatic carbocycles. The summed E-state index contributed by atoms with van der Waals surface area (Å²) < 4.78 is 1.18. The fourth-order valence-corrected chi connectivity index (χ4v) is 2.01. The first-order valence-electron chi connectivity index (χ1n) is 6.05. The molecule has 1 aromatic heterocycles. The van der Waals surface area contributed by atoms with Gasteiger partial charge in [-0.25, -0.2) is 9.47 Å². The van der Waals surface area contributed by atoms with Gasteiger partial charge in [-0.1, -0.05) is 18.2 Å². The molecule has 0 fully saturated rings. The highest BCUT2D eigenvalue weighted by Gasteiger charge is 2.12. The summed E-state index contributed by atoms with van der Waals surface area (Å²) in [5.74, 6) is 0. The molecule has 0 spiro atoms. The number of nitrogens with zero attached hydrogens (tertiary/aromatic N) is 2. The molecule has 0 bridgehead atoms. The SMILES string of the molecule is Cc1cccc(C)c1Nn1c(C)c(C#N)c(=O)[nH]c1=O. The Hall–Kier alpha value is -2.81. The lowest BCUT2D eigenvalue weighted by Crippen LogP contribution is -2.37. The van der Waals surface area contributed by atoms with E-state index in [2.05, 4.69) is 10.4 Å². The monoisotopic (exact) mass is 270 g/mol. The Morgan fingerprint density at radius 1 is 1.20 bits per heavy atom. The minimum absolute atomic E-state index is 0.0802. The normalized spacial score (nSPS) is 10.1. The van der Waals surface area contributed by atoms with E-state index in [0.29, 0.717) is 0 Å². The number of benzene rings is 1. The second-order valence-electron chi connectivity index (χ2n) is 4.55. The second kappa shape index (κ2) is 5.05. The summed E-state index contributed by atoms with van der Waals surface area (Å²) in [6, 6.07) is 7.54. The molecule has 2 aromatic rings. The van der Waals surface area contributed by atoms with Gasteiger partial charge in [0.1, 0.15) is 11.6 Å². The average molecular weight is 270 g/mol. The quantitative estimate of drug-likeness (QED) is 0.858. The van der Waals surface area contributed by atoms with Gasteiger partial charge in [-0.15, -0.1) is 0 Å². The van der Waals surface area contributed by atoms with Gasteiger partial charge in [0.25, 0.3) is 5.56 Å². The van der Waals surface area contributed by atoms with Crippen LogP contribution in [0.5, 0.6) is 0 Å². The standard InChI is InChI=1S/C14H14N4O2/c1-8-5-4-6-9(2)12(8)17-18-10(3)11(7-15)13(19)16-14(18)20/h4-6,17H,1-3H3,(H,16,19,20). The van der Waals surface area contributed by atoms with Crippen LogP contribution in [-0.4, -0.2) is 9.66 Å². The number of aromatic nitrogens is 2. The van der Waals surface area contributed by atoms with Crippen molar-refractivity contribution in [3.05, 3.63) is 61.4 Å². The molecule has 0 unspecified atom stereocenters. The average Bonchev–Trinajstić information content (AvgIpc) is 2.37. The molecule has 0 aliphatic heterocycles. The van der Waals surface area contributed by atoms with Gasteiger partial charge >= 0.3 is 5.69 Å². The number of rotatable bonds is 2. The summed E-state index contributed by atoms with van der Waals surface area (Å²) in [6.45, 7) is 5.37. The molecular weight excluding hydrogens is 256 g/mol. The molecule has 102 valence electrons. The predicted molar refractivity (Wildman–Crippen MR) is 75.7 cm³/mol. The van der Waals surface area contributed by atoms with Crippen LogP contribution in [0.2, 0.25) is 0 Å². The van der Waals surface area contributed by atoms with Gasteiger partial charge in [0.05, 0.1) is 11.4 Å². The molecule has 2 N–H and O–H groups in total. The van der Waals surface area contributed by atoms with Crippen LogP contribution in [0.1, 0.15) is 22.4 Å². The molecule has 6 nitrogen and oxygen atoms in total. The van der Waals surface area contributed by atoms with Crippen LogP contribution in [0.15, 0.2) is 27.8 Å². The Balaban J connectivity index is 2.64. The molecule has 0 aliphatic rings. The largest absolute Gasteiger partial charge is 0.347 e. The van der Waals surface area contributed by atoms with E-state index >= 15 is 0 Å². The Morgan fingerprint density at radius 3 is 2.35 bits per heavy atom. The van der Waals surface area contributed by atoms with Gasteiger partial charge in [-0.2, -0.15) is 5.26 Å². The van der Waals surface area contributed by atoms with E-state index in [4.69, 9.17) is 5.26 Å². The number of anilines is 1. The van der Waals surface area contributed by atoms with Gasteiger partial charge in [-0.05, 0) is 31.9 Å². The fraction of sp³-hybridized carbons (Fsp3) is 0.214. The zero-order valence-electron chi connectivity index (χ0n) is 11.4. The van der Waals surface area contributed by atoms with E-state index in [9.17, 15) is 9.59 Å². The van der Waals surface area contributed by atoms with Crippen molar-refractivity contribution in [1.29, 1.82) is 5.26 Å². The molecule has 20 heavy (non-hydrogen) atoms. The van der Waals surface area contributed by atoms with E-state index in [0.717, 1.165) is 16.8 Å². The molecular formula is C14H14N4O2. The molecule has 2 rings (SSSR count). The zero-order chi connectivity index (χ0) is 14.9. The first-order valence-corrected chi connectivity index (χ1v) is 6.05. The number of aryl methyl sites for hydroxylation is 2. The molecule has 0 radical (unpaired) electrons. The van der Waals surface area contributed by atoms with Crippen molar-refractivity contribution in [2.45, 2.75) is 20.8 Å². The highest BCUT2D eigenvalue weighted by atomic mass is 16.2. The van der Waals surface area contributed by atoms with E-state index in [1.165, 1.54) is 4.68 Å².